The largest absolute Gasteiger partial charge is 0.161 e. The van der Waals surface area contributed by atoms with Crippen LogP contribution in [0.3, 0.4) is 0 Å². The van der Waals surface area contributed by atoms with E-state index in [-0.39, 0.29) is 0 Å². The number of hydrogen-bond donors (Lipinski definition) is 0. The van der Waals surface area contributed by atoms with Gasteiger partial charge in [0, 0.05) is 0 Å². The zero-order valence-corrected chi connectivity index (χ0v) is 7.55. The van der Waals surface area contributed by atoms with Gasteiger partial charge < -0.3 is 0 Å². The summed E-state index contributed by atoms with van der Waals surface area (Å²) < 4.78 is 0. The minimum absolute atomic E-state index is 1.25. The van der Waals surface area contributed by atoms with Crippen LogP contribution in [0.2, 0.25) is 0 Å². The summed E-state index contributed by atoms with van der Waals surface area (Å²) in [6.45, 7) is 6.63. The van der Waals surface area contributed by atoms with Gasteiger partial charge in [-0.05, 0) is 23.8 Å². The third-order valence-corrected chi connectivity index (χ3v) is 2.39. The van der Waals surface area contributed by atoms with E-state index in [9.17, 15) is 0 Å². The van der Waals surface area contributed by atoms with Gasteiger partial charge in [0.05, 0.1) is 0 Å². The molecule has 0 saturated heterocycles. The molecule has 0 aliphatic rings. The molecule has 1 heteroatoms. The van der Waals surface area contributed by atoms with Crippen molar-refractivity contribution in [3.8, 4) is 0 Å². The molecule has 0 aliphatic heterocycles. The molecule has 9 heavy (non-hydrogen) atoms. The highest BCUT2D eigenvalue weighted by molar-refractivity contribution is 7.99. The van der Waals surface area contributed by atoms with E-state index in [0.717, 1.165) is 0 Å². The molecule has 0 unspecified atom stereocenters. The SMILES string of the molecule is CCCCSC[C](C)C. The first-order valence-corrected chi connectivity index (χ1v) is 4.79. The fraction of sp³-hybridized carbons (Fsp3) is 0.875. The van der Waals surface area contributed by atoms with Gasteiger partial charge in [-0.15, -0.1) is 0 Å². The van der Waals surface area contributed by atoms with Crippen molar-refractivity contribution in [1.29, 1.82) is 0 Å². The monoisotopic (exact) mass is 145 g/mol. The lowest BCUT2D eigenvalue weighted by Gasteiger charge is -2.01. The van der Waals surface area contributed by atoms with E-state index in [1.54, 1.807) is 0 Å². The van der Waals surface area contributed by atoms with Gasteiger partial charge in [-0.1, -0.05) is 27.2 Å². The molecule has 0 spiro atoms. The molecule has 0 aromatic carbocycles. The van der Waals surface area contributed by atoms with Crippen molar-refractivity contribution in [2.75, 3.05) is 11.5 Å². The lowest BCUT2D eigenvalue weighted by atomic mass is 10.3. The fourth-order valence-electron chi connectivity index (χ4n) is 0.523. The zero-order valence-electron chi connectivity index (χ0n) is 6.74. The molecule has 1 radical (unpaired) electrons. The lowest BCUT2D eigenvalue weighted by Crippen LogP contribution is -1.89. The smallest absolute Gasteiger partial charge is 0.00107 e. The third kappa shape index (κ3) is 8.35. The number of rotatable bonds is 5. The molecule has 0 aromatic heterocycles. The first-order chi connectivity index (χ1) is 4.27. The van der Waals surface area contributed by atoms with Gasteiger partial charge in [0.1, 0.15) is 0 Å². The second-order valence-corrected chi connectivity index (χ2v) is 3.72. The van der Waals surface area contributed by atoms with Gasteiger partial charge in [-0.3, -0.25) is 0 Å². The standard InChI is InChI=1S/C8H17S/c1-4-5-6-9-7-8(2)3/h4-7H2,1-3H3. The molecule has 0 rings (SSSR count). The third-order valence-electron chi connectivity index (χ3n) is 1.03. The average Bonchev–Trinajstić information content (AvgIpc) is 1.80. The van der Waals surface area contributed by atoms with Crippen molar-refractivity contribution in [3.63, 3.8) is 0 Å². The van der Waals surface area contributed by atoms with Crippen LogP contribution in [0.25, 0.3) is 0 Å². The van der Waals surface area contributed by atoms with Crippen LogP contribution >= 0.6 is 11.8 Å². The van der Waals surface area contributed by atoms with Crippen molar-refractivity contribution >= 4 is 11.8 Å². The Balaban J connectivity index is 2.75. The maximum Gasteiger partial charge on any atom is -0.00107 e. The molecule has 0 atom stereocenters. The van der Waals surface area contributed by atoms with E-state index < -0.39 is 0 Å². The summed E-state index contributed by atoms with van der Waals surface area (Å²) in [6, 6.07) is 0. The van der Waals surface area contributed by atoms with Crippen LogP contribution in [0.5, 0.6) is 0 Å². The molecule has 0 N–H and O–H groups in total. The topological polar surface area (TPSA) is 0 Å². The Morgan fingerprint density at radius 3 is 2.44 bits per heavy atom. The molecule has 0 aromatic rings. The van der Waals surface area contributed by atoms with E-state index >= 15 is 0 Å². The molecule has 55 valence electrons. The second kappa shape index (κ2) is 6.47. The normalized spacial score (nSPS) is 10.7. The van der Waals surface area contributed by atoms with Crippen molar-refractivity contribution in [2.24, 2.45) is 0 Å². The van der Waals surface area contributed by atoms with Crippen LogP contribution in [0.1, 0.15) is 33.6 Å². The van der Waals surface area contributed by atoms with Crippen LogP contribution in [-0.2, 0) is 0 Å². The Labute approximate surface area is 63.4 Å². The van der Waals surface area contributed by atoms with E-state index in [1.807, 2.05) is 11.8 Å². The molecule has 0 aliphatic carbocycles. The summed E-state index contributed by atoms with van der Waals surface area (Å²) in [7, 11) is 0. The van der Waals surface area contributed by atoms with E-state index in [2.05, 4.69) is 20.8 Å². The molecule has 0 fully saturated rings. The minimum Gasteiger partial charge on any atom is -0.161 e. The summed E-state index contributed by atoms with van der Waals surface area (Å²) >= 11 is 2.05. The molecule has 0 saturated carbocycles. The highest BCUT2D eigenvalue weighted by Crippen LogP contribution is 2.10. The maximum absolute atomic E-state index is 2.24. The van der Waals surface area contributed by atoms with Gasteiger partial charge in [-0.25, -0.2) is 0 Å². The average molecular weight is 145 g/mol. The molecule has 0 nitrogen and oxygen atoms in total. The second-order valence-electron chi connectivity index (χ2n) is 2.61. The van der Waals surface area contributed by atoms with Crippen LogP contribution in [0.15, 0.2) is 0 Å². The summed E-state index contributed by atoms with van der Waals surface area (Å²) in [6.07, 6.45) is 2.70. The van der Waals surface area contributed by atoms with Crippen molar-refractivity contribution in [3.05, 3.63) is 5.92 Å². The minimum atomic E-state index is 1.25. The van der Waals surface area contributed by atoms with E-state index in [4.69, 9.17) is 0 Å². The summed E-state index contributed by atoms with van der Waals surface area (Å²) in [4.78, 5) is 0. The molecular weight excluding hydrogens is 128 g/mol. The Hall–Kier alpha value is 0.350. The van der Waals surface area contributed by atoms with Crippen LogP contribution in [0.4, 0.5) is 0 Å². The molecule has 0 amide bonds. The molecule has 0 heterocycles. The number of unbranched alkanes of at least 4 members (excludes halogenated alkanes) is 1. The highest BCUT2D eigenvalue weighted by Gasteiger charge is 1.92. The predicted octanol–water partition coefficient (Wildman–Crippen LogP) is 3.13. The first-order valence-electron chi connectivity index (χ1n) is 3.64. The van der Waals surface area contributed by atoms with Gasteiger partial charge in [0.15, 0.2) is 0 Å². The van der Waals surface area contributed by atoms with Gasteiger partial charge in [0.2, 0.25) is 0 Å². The number of hydrogen-bond acceptors (Lipinski definition) is 1. The van der Waals surface area contributed by atoms with Crippen LogP contribution < -0.4 is 0 Å². The molecular formula is C8H17S. The Morgan fingerprint density at radius 1 is 1.33 bits per heavy atom. The fourth-order valence-corrected chi connectivity index (χ4v) is 1.57. The van der Waals surface area contributed by atoms with Gasteiger partial charge in [-0.2, -0.15) is 11.8 Å². The Kier molecular flexibility index (Phi) is 6.72. The quantitative estimate of drug-likeness (QED) is 0.536. The lowest BCUT2D eigenvalue weighted by molar-refractivity contribution is 0.895. The van der Waals surface area contributed by atoms with Gasteiger partial charge >= 0.3 is 0 Å². The van der Waals surface area contributed by atoms with Crippen LogP contribution in [-0.4, -0.2) is 11.5 Å². The Morgan fingerprint density at radius 2 is 2.00 bits per heavy atom. The predicted molar refractivity (Wildman–Crippen MR) is 46.8 cm³/mol. The number of thioether (sulfide) groups is 1. The first kappa shape index (κ1) is 9.35. The van der Waals surface area contributed by atoms with Crippen molar-refractivity contribution in [2.45, 2.75) is 33.6 Å². The molecule has 0 bridgehead atoms. The zero-order chi connectivity index (χ0) is 7.11. The van der Waals surface area contributed by atoms with Crippen molar-refractivity contribution in [1.82, 2.24) is 0 Å². The van der Waals surface area contributed by atoms with Gasteiger partial charge in [0.25, 0.3) is 0 Å². The maximum atomic E-state index is 2.24. The van der Waals surface area contributed by atoms with E-state index in [0.29, 0.717) is 0 Å². The van der Waals surface area contributed by atoms with Crippen LogP contribution in [0, 0.1) is 5.92 Å². The summed E-state index contributed by atoms with van der Waals surface area (Å²) in [5.74, 6) is 4.12. The summed E-state index contributed by atoms with van der Waals surface area (Å²) in [5, 5.41) is 0. The highest BCUT2D eigenvalue weighted by atomic mass is 32.2. The van der Waals surface area contributed by atoms with E-state index in [1.165, 1.54) is 30.3 Å². The summed E-state index contributed by atoms with van der Waals surface area (Å²) in [5.41, 5.74) is 0. The Bertz CT molecular complexity index is 50.5. The van der Waals surface area contributed by atoms with Crippen molar-refractivity contribution < 1.29 is 0 Å².